The number of benzene rings is 1. The number of rotatable bonds is 4. The molecule has 6 heteroatoms. The second kappa shape index (κ2) is 5.50. The molecule has 0 aromatic heterocycles. The number of urea groups is 1. The normalized spacial score (nSPS) is 10.8. The van der Waals surface area contributed by atoms with Crippen molar-refractivity contribution in [3.63, 3.8) is 0 Å². The average molecular weight is 250 g/mol. The number of amides is 3. The van der Waals surface area contributed by atoms with Gasteiger partial charge in [-0.05, 0) is 45.2 Å². The van der Waals surface area contributed by atoms with E-state index >= 15 is 0 Å². The van der Waals surface area contributed by atoms with Crippen LogP contribution >= 0.6 is 0 Å². The van der Waals surface area contributed by atoms with E-state index in [-0.39, 0.29) is 5.91 Å². The van der Waals surface area contributed by atoms with Crippen molar-refractivity contribution in [2.75, 3.05) is 17.7 Å². The molecule has 0 aliphatic heterocycles. The highest BCUT2D eigenvalue weighted by Crippen LogP contribution is 2.15. The molecular weight excluding hydrogens is 232 g/mol. The lowest BCUT2D eigenvalue weighted by molar-refractivity contribution is -0.121. The van der Waals surface area contributed by atoms with Crippen LogP contribution in [0.15, 0.2) is 24.3 Å². The minimum atomic E-state index is -0.649. The zero-order valence-electron chi connectivity index (χ0n) is 10.7. The molecule has 0 fully saturated rings. The van der Waals surface area contributed by atoms with Crippen LogP contribution in [-0.4, -0.2) is 24.5 Å². The number of nitrogens with one attached hydrogen (secondary N) is 3. The summed E-state index contributed by atoms with van der Waals surface area (Å²) in [5.41, 5.74) is 5.57. The number of carbonyl (C=O) groups excluding carboxylic acids is 2. The van der Waals surface area contributed by atoms with Crippen LogP contribution in [0, 0.1) is 0 Å². The molecule has 18 heavy (non-hydrogen) atoms. The van der Waals surface area contributed by atoms with Gasteiger partial charge in [0.15, 0.2) is 0 Å². The highest BCUT2D eigenvalue weighted by Gasteiger charge is 2.24. The molecule has 0 bridgehead atoms. The molecule has 0 aliphatic carbocycles. The number of anilines is 2. The van der Waals surface area contributed by atoms with Gasteiger partial charge in [0.1, 0.15) is 0 Å². The van der Waals surface area contributed by atoms with Crippen molar-refractivity contribution in [2.24, 2.45) is 5.73 Å². The lowest BCUT2D eigenvalue weighted by Gasteiger charge is -2.22. The smallest absolute Gasteiger partial charge is 0.316 e. The second-order valence-corrected chi connectivity index (χ2v) is 4.40. The molecule has 0 heterocycles. The van der Waals surface area contributed by atoms with Crippen molar-refractivity contribution in [3.05, 3.63) is 24.3 Å². The summed E-state index contributed by atoms with van der Waals surface area (Å²) in [6.45, 7) is 3.57. The zero-order valence-corrected chi connectivity index (χ0v) is 10.7. The van der Waals surface area contributed by atoms with E-state index in [2.05, 4.69) is 16.0 Å². The second-order valence-electron chi connectivity index (χ2n) is 4.40. The largest absolute Gasteiger partial charge is 0.351 e. The molecular formula is C12H18N4O2. The van der Waals surface area contributed by atoms with E-state index in [1.54, 1.807) is 45.2 Å². The maximum absolute atomic E-state index is 11.9. The molecule has 0 unspecified atom stereocenters. The van der Waals surface area contributed by atoms with Crippen LogP contribution in [0.1, 0.15) is 13.8 Å². The highest BCUT2D eigenvalue weighted by molar-refractivity contribution is 5.97. The highest BCUT2D eigenvalue weighted by atomic mass is 16.2. The topological polar surface area (TPSA) is 96.2 Å². The fourth-order valence-electron chi connectivity index (χ4n) is 1.18. The van der Waals surface area contributed by atoms with Gasteiger partial charge >= 0.3 is 6.03 Å². The molecule has 3 amide bonds. The number of hydrogen-bond acceptors (Lipinski definition) is 3. The third kappa shape index (κ3) is 3.74. The molecule has 0 saturated carbocycles. The van der Waals surface area contributed by atoms with Gasteiger partial charge in [0.05, 0.1) is 5.54 Å². The van der Waals surface area contributed by atoms with E-state index in [0.717, 1.165) is 0 Å². The van der Waals surface area contributed by atoms with Gasteiger partial charge in [-0.3, -0.25) is 4.79 Å². The summed E-state index contributed by atoms with van der Waals surface area (Å²) in [5.74, 6) is -0.138. The van der Waals surface area contributed by atoms with Crippen molar-refractivity contribution in [2.45, 2.75) is 19.4 Å². The summed E-state index contributed by atoms with van der Waals surface area (Å²) in [7, 11) is 1.72. The maximum atomic E-state index is 11.9. The van der Waals surface area contributed by atoms with Crippen molar-refractivity contribution in [3.8, 4) is 0 Å². The van der Waals surface area contributed by atoms with E-state index in [4.69, 9.17) is 5.73 Å². The first-order valence-corrected chi connectivity index (χ1v) is 5.52. The Morgan fingerprint density at radius 2 is 1.50 bits per heavy atom. The van der Waals surface area contributed by atoms with Crippen LogP contribution in [0.25, 0.3) is 0 Å². The van der Waals surface area contributed by atoms with Gasteiger partial charge < -0.3 is 21.7 Å². The molecule has 0 saturated heterocycles. The minimum Gasteiger partial charge on any atom is -0.351 e. The summed E-state index contributed by atoms with van der Waals surface area (Å²) in [6, 6.07) is 6.08. The van der Waals surface area contributed by atoms with Crippen LogP contribution in [0.2, 0.25) is 0 Å². The van der Waals surface area contributed by atoms with Gasteiger partial charge in [-0.15, -0.1) is 0 Å². The van der Waals surface area contributed by atoms with Gasteiger partial charge in [-0.1, -0.05) is 0 Å². The fraction of sp³-hybridized carbons (Fsp3) is 0.333. The van der Waals surface area contributed by atoms with E-state index < -0.39 is 11.6 Å². The van der Waals surface area contributed by atoms with Crippen molar-refractivity contribution in [1.29, 1.82) is 0 Å². The Morgan fingerprint density at radius 1 is 1.06 bits per heavy atom. The number of carbonyl (C=O) groups is 2. The molecule has 1 aromatic carbocycles. The predicted molar refractivity (Wildman–Crippen MR) is 71.4 cm³/mol. The molecule has 5 N–H and O–H groups in total. The Labute approximate surface area is 106 Å². The van der Waals surface area contributed by atoms with E-state index in [1.165, 1.54) is 0 Å². The van der Waals surface area contributed by atoms with Crippen LogP contribution < -0.4 is 21.7 Å². The fourth-order valence-corrected chi connectivity index (χ4v) is 1.18. The van der Waals surface area contributed by atoms with Gasteiger partial charge in [0.2, 0.25) is 5.91 Å². The van der Waals surface area contributed by atoms with Gasteiger partial charge in [0.25, 0.3) is 0 Å². The van der Waals surface area contributed by atoms with E-state index in [0.29, 0.717) is 11.4 Å². The Hall–Kier alpha value is -2.08. The summed E-state index contributed by atoms with van der Waals surface area (Å²) >= 11 is 0. The van der Waals surface area contributed by atoms with Crippen molar-refractivity contribution in [1.82, 2.24) is 5.32 Å². The first-order chi connectivity index (χ1) is 8.35. The van der Waals surface area contributed by atoms with Crippen LogP contribution in [0.3, 0.4) is 0 Å². The molecule has 0 radical (unpaired) electrons. The van der Waals surface area contributed by atoms with Gasteiger partial charge in [0, 0.05) is 11.4 Å². The lowest BCUT2D eigenvalue weighted by Crippen LogP contribution is -2.47. The van der Waals surface area contributed by atoms with Gasteiger partial charge in [-0.2, -0.15) is 0 Å². The van der Waals surface area contributed by atoms with E-state index in [1.807, 2.05) is 0 Å². The van der Waals surface area contributed by atoms with Crippen molar-refractivity contribution < 1.29 is 9.59 Å². The molecule has 0 atom stereocenters. The standard InChI is InChI=1S/C12H18N4O2/c1-12(2,14-3)10(17)15-8-4-6-9(7-5-8)16-11(13)18/h4-7,14H,1-3H3,(H,15,17)(H3,13,16,18). The summed E-state index contributed by atoms with van der Waals surface area (Å²) in [6.07, 6.45) is 0. The number of hydrogen-bond donors (Lipinski definition) is 4. The minimum absolute atomic E-state index is 0.138. The number of likely N-dealkylation sites (N-methyl/N-ethyl adjacent to an activating group) is 1. The average Bonchev–Trinajstić information content (AvgIpc) is 2.31. The Kier molecular flexibility index (Phi) is 4.28. The lowest BCUT2D eigenvalue weighted by atomic mass is 10.1. The summed E-state index contributed by atoms with van der Waals surface area (Å²) in [5, 5.41) is 8.12. The van der Waals surface area contributed by atoms with E-state index in [9.17, 15) is 9.59 Å². The van der Waals surface area contributed by atoms with Gasteiger partial charge in [-0.25, -0.2) is 4.79 Å². The third-order valence-corrected chi connectivity index (χ3v) is 2.60. The molecule has 6 nitrogen and oxygen atoms in total. The Morgan fingerprint density at radius 3 is 1.89 bits per heavy atom. The third-order valence-electron chi connectivity index (χ3n) is 2.60. The Bertz CT molecular complexity index is 440. The first-order valence-electron chi connectivity index (χ1n) is 5.52. The zero-order chi connectivity index (χ0) is 13.8. The number of primary amides is 1. The molecule has 98 valence electrons. The Balaban J connectivity index is 2.69. The quantitative estimate of drug-likeness (QED) is 0.644. The predicted octanol–water partition coefficient (Wildman–Crippen LogP) is 1.11. The van der Waals surface area contributed by atoms with Crippen LogP contribution in [0.4, 0.5) is 16.2 Å². The molecule has 1 rings (SSSR count). The summed E-state index contributed by atoms with van der Waals surface area (Å²) in [4.78, 5) is 22.5. The van der Waals surface area contributed by atoms with Crippen molar-refractivity contribution >= 4 is 23.3 Å². The van der Waals surface area contributed by atoms with Crippen LogP contribution in [-0.2, 0) is 4.79 Å². The maximum Gasteiger partial charge on any atom is 0.316 e. The molecule has 0 aliphatic rings. The summed E-state index contributed by atoms with van der Waals surface area (Å²) < 4.78 is 0. The molecule has 0 spiro atoms. The molecule has 1 aromatic rings. The monoisotopic (exact) mass is 250 g/mol. The first kappa shape index (κ1) is 14.0. The van der Waals surface area contributed by atoms with Crippen LogP contribution in [0.5, 0.6) is 0 Å². The SMILES string of the molecule is CNC(C)(C)C(=O)Nc1ccc(NC(N)=O)cc1. The number of nitrogens with two attached hydrogens (primary N) is 1.